The van der Waals surface area contributed by atoms with Crippen molar-refractivity contribution in [1.29, 1.82) is 0 Å². The van der Waals surface area contributed by atoms with Crippen LogP contribution in [0, 0.1) is 0 Å². The smallest absolute Gasteiger partial charge is 0.410 e. The summed E-state index contributed by atoms with van der Waals surface area (Å²) in [5.74, 6) is -0.433. The molecule has 32 heavy (non-hydrogen) atoms. The summed E-state index contributed by atoms with van der Waals surface area (Å²) in [7, 11) is 0. The van der Waals surface area contributed by atoms with Crippen LogP contribution in [0.25, 0.3) is 11.1 Å². The maximum atomic E-state index is 12.9. The number of likely N-dealkylation sites (tertiary alicyclic amines) is 1. The number of ether oxygens (including phenoxy) is 2. The summed E-state index contributed by atoms with van der Waals surface area (Å²) in [4.78, 5) is 26.7. The number of nitrogens with one attached hydrogen (secondary N) is 1. The van der Waals surface area contributed by atoms with Gasteiger partial charge in [-0.3, -0.25) is 9.69 Å². The summed E-state index contributed by atoms with van der Waals surface area (Å²) in [6.07, 6.45) is -1.23. The van der Waals surface area contributed by atoms with Gasteiger partial charge in [0.25, 0.3) is 0 Å². The van der Waals surface area contributed by atoms with E-state index in [9.17, 15) is 14.7 Å². The van der Waals surface area contributed by atoms with Crippen LogP contribution in [0.5, 0.6) is 0 Å². The summed E-state index contributed by atoms with van der Waals surface area (Å²) in [6.45, 7) is 0.831. The Labute approximate surface area is 186 Å². The molecule has 0 saturated carbocycles. The molecule has 0 aromatic heterocycles. The van der Waals surface area contributed by atoms with E-state index >= 15 is 0 Å². The van der Waals surface area contributed by atoms with E-state index in [2.05, 4.69) is 17.4 Å². The van der Waals surface area contributed by atoms with E-state index in [0.717, 1.165) is 22.3 Å². The Morgan fingerprint density at radius 2 is 1.69 bits per heavy atom. The quantitative estimate of drug-likeness (QED) is 0.537. The first-order chi connectivity index (χ1) is 15.6. The molecule has 8 heteroatoms. The van der Waals surface area contributed by atoms with Gasteiger partial charge < -0.3 is 25.0 Å². The molecule has 2 aromatic carbocycles. The molecular weight excluding hydrogens is 412 g/mol. The van der Waals surface area contributed by atoms with Gasteiger partial charge in [-0.1, -0.05) is 48.5 Å². The van der Waals surface area contributed by atoms with Crippen molar-refractivity contribution in [3.05, 3.63) is 59.7 Å². The Bertz CT molecular complexity index is 920. The van der Waals surface area contributed by atoms with Crippen LogP contribution in [0.3, 0.4) is 0 Å². The van der Waals surface area contributed by atoms with Gasteiger partial charge in [-0.05, 0) is 22.3 Å². The van der Waals surface area contributed by atoms with Gasteiger partial charge in [-0.25, -0.2) is 4.79 Å². The average molecular weight is 440 g/mol. The third kappa shape index (κ3) is 4.62. The second kappa shape index (κ2) is 10.1. The molecule has 4 rings (SSSR count). The van der Waals surface area contributed by atoms with Gasteiger partial charge in [0.2, 0.25) is 5.91 Å². The monoisotopic (exact) mass is 440 g/mol. The van der Waals surface area contributed by atoms with Crippen LogP contribution in [-0.4, -0.2) is 78.8 Å². The maximum Gasteiger partial charge on any atom is 0.410 e. The number of aliphatic hydroxyl groups is 2. The second-order valence-corrected chi connectivity index (χ2v) is 7.99. The van der Waals surface area contributed by atoms with Crippen LogP contribution in [0.1, 0.15) is 23.5 Å². The fourth-order valence-electron chi connectivity index (χ4n) is 4.47. The lowest BCUT2D eigenvalue weighted by atomic mass is 9.98. The highest BCUT2D eigenvalue weighted by Crippen LogP contribution is 2.44. The molecule has 2 aliphatic rings. The number of aliphatic hydroxyl groups excluding tert-OH is 2. The van der Waals surface area contributed by atoms with Crippen LogP contribution >= 0.6 is 0 Å². The zero-order valence-electron chi connectivity index (χ0n) is 17.8. The van der Waals surface area contributed by atoms with E-state index in [0.29, 0.717) is 0 Å². The molecule has 0 spiro atoms. The van der Waals surface area contributed by atoms with Crippen molar-refractivity contribution in [2.45, 2.75) is 24.5 Å². The highest BCUT2D eigenvalue weighted by Gasteiger charge is 2.40. The van der Waals surface area contributed by atoms with E-state index < -0.39 is 18.2 Å². The van der Waals surface area contributed by atoms with Crippen molar-refractivity contribution in [3.63, 3.8) is 0 Å². The zero-order chi connectivity index (χ0) is 22.5. The summed E-state index contributed by atoms with van der Waals surface area (Å²) in [5.41, 5.74) is 4.50. The molecular formula is C24H28N2O6. The van der Waals surface area contributed by atoms with Gasteiger partial charge in [0.15, 0.2) is 0 Å². The Morgan fingerprint density at radius 3 is 2.34 bits per heavy atom. The molecule has 0 unspecified atom stereocenters. The van der Waals surface area contributed by atoms with Crippen LogP contribution in [0.2, 0.25) is 0 Å². The number of carbonyl (C=O) groups is 2. The Balaban J connectivity index is 1.38. The van der Waals surface area contributed by atoms with Gasteiger partial charge in [0, 0.05) is 18.9 Å². The summed E-state index contributed by atoms with van der Waals surface area (Å²) < 4.78 is 10.8. The molecule has 2 atom stereocenters. The van der Waals surface area contributed by atoms with Crippen molar-refractivity contribution in [2.75, 3.05) is 39.5 Å². The number of nitrogens with zero attached hydrogens (tertiary/aromatic N) is 1. The summed E-state index contributed by atoms with van der Waals surface area (Å²) in [6, 6.07) is 15.4. The van der Waals surface area contributed by atoms with Crippen molar-refractivity contribution in [2.24, 2.45) is 0 Å². The van der Waals surface area contributed by atoms with Gasteiger partial charge in [0.05, 0.1) is 32.5 Å². The SMILES string of the molecule is O=C(NCCOCCO)[C@@H]1C[C@@H](O)CN1C(=O)OCC1c2ccccc2-c2ccccc21. The number of rotatable bonds is 8. The van der Waals surface area contributed by atoms with Crippen molar-refractivity contribution >= 4 is 12.0 Å². The van der Waals surface area contributed by atoms with Crippen LogP contribution < -0.4 is 5.32 Å². The number of β-amino-alcohol motifs (C(OH)–C–C–N with tert-alkyl or cyclic N) is 1. The van der Waals surface area contributed by atoms with Gasteiger partial charge in [-0.2, -0.15) is 0 Å². The molecule has 2 amide bonds. The highest BCUT2D eigenvalue weighted by atomic mass is 16.6. The number of hydrogen-bond donors (Lipinski definition) is 3. The molecule has 1 fully saturated rings. The van der Waals surface area contributed by atoms with Crippen LogP contribution in [0.15, 0.2) is 48.5 Å². The molecule has 1 heterocycles. The summed E-state index contributed by atoms with van der Waals surface area (Å²) >= 11 is 0. The second-order valence-electron chi connectivity index (χ2n) is 7.99. The standard InChI is InChI=1S/C24H28N2O6/c27-10-12-31-11-9-25-23(29)22-13-16(28)14-26(22)24(30)32-15-21-19-7-3-1-5-17(19)18-6-2-4-8-20(18)21/h1-8,16,21-22,27-28H,9-15H2,(H,25,29)/t16-,22+/m1/s1. The zero-order valence-corrected chi connectivity index (χ0v) is 17.8. The first-order valence-corrected chi connectivity index (χ1v) is 10.9. The van der Waals surface area contributed by atoms with E-state index in [-0.39, 0.29) is 57.8 Å². The van der Waals surface area contributed by atoms with E-state index in [1.165, 1.54) is 4.90 Å². The highest BCUT2D eigenvalue weighted by molar-refractivity contribution is 5.86. The minimum Gasteiger partial charge on any atom is -0.448 e. The molecule has 1 aliphatic heterocycles. The van der Waals surface area contributed by atoms with Crippen molar-refractivity contribution < 1.29 is 29.3 Å². The number of carbonyl (C=O) groups excluding carboxylic acids is 2. The molecule has 1 saturated heterocycles. The lowest BCUT2D eigenvalue weighted by molar-refractivity contribution is -0.125. The van der Waals surface area contributed by atoms with Crippen molar-refractivity contribution in [1.82, 2.24) is 10.2 Å². The Kier molecular flexibility index (Phi) is 7.04. The molecule has 1 aliphatic carbocycles. The first kappa shape index (κ1) is 22.3. The largest absolute Gasteiger partial charge is 0.448 e. The lowest BCUT2D eigenvalue weighted by Crippen LogP contribution is -2.47. The molecule has 3 N–H and O–H groups in total. The number of hydrogen-bond acceptors (Lipinski definition) is 6. The number of fused-ring (bicyclic) bond motifs is 3. The van der Waals surface area contributed by atoms with Gasteiger partial charge in [0.1, 0.15) is 12.6 Å². The summed E-state index contributed by atoms with van der Waals surface area (Å²) in [5, 5.41) is 21.5. The average Bonchev–Trinajstić information content (AvgIpc) is 3.35. The number of amides is 2. The molecule has 2 aromatic rings. The van der Waals surface area contributed by atoms with Crippen LogP contribution in [-0.2, 0) is 14.3 Å². The topological polar surface area (TPSA) is 108 Å². The lowest BCUT2D eigenvalue weighted by Gasteiger charge is -2.24. The maximum absolute atomic E-state index is 12.9. The van der Waals surface area contributed by atoms with Gasteiger partial charge in [-0.15, -0.1) is 0 Å². The number of benzene rings is 2. The fourth-order valence-corrected chi connectivity index (χ4v) is 4.47. The van der Waals surface area contributed by atoms with Crippen molar-refractivity contribution in [3.8, 4) is 11.1 Å². The van der Waals surface area contributed by atoms with E-state index in [1.807, 2.05) is 36.4 Å². The Morgan fingerprint density at radius 1 is 1.03 bits per heavy atom. The van der Waals surface area contributed by atoms with E-state index in [4.69, 9.17) is 14.6 Å². The minimum atomic E-state index is -0.793. The molecule has 170 valence electrons. The van der Waals surface area contributed by atoms with Gasteiger partial charge >= 0.3 is 6.09 Å². The Hall–Kier alpha value is -2.94. The predicted octanol–water partition coefficient (Wildman–Crippen LogP) is 1.50. The first-order valence-electron chi connectivity index (χ1n) is 10.9. The third-order valence-electron chi connectivity index (χ3n) is 5.93. The normalized spacial score (nSPS) is 19.5. The predicted molar refractivity (Wildman–Crippen MR) is 117 cm³/mol. The molecule has 0 bridgehead atoms. The van der Waals surface area contributed by atoms with Crippen LogP contribution in [0.4, 0.5) is 4.79 Å². The third-order valence-corrected chi connectivity index (χ3v) is 5.93. The minimum absolute atomic E-state index is 0.0514. The molecule has 8 nitrogen and oxygen atoms in total. The molecule has 0 radical (unpaired) electrons. The fraction of sp³-hybridized carbons (Fsp3) is 0.417. The van der Waals surface area contributed by atoms with E-state index in [1.54, 1.807) is 0 Å².